The van der Waals surface area contributed by atoms with E-state index in [1.165, 1.54) is 33.5 Å². The number of carbonyl (C=O) groups excluding carboxylic acids is 2. The molecule has 0 atom stereocenters. The maximum atomic E-state index is 12.7. The lowest BCUT2D eigenvalue weighted by Crippen LogP contribution is -2.07. The van der Waals surface area contributed by atoms with Crippen molar-refractivity contribution in [2.75, 3.05) is 21.3 Å². The molecule has 0 aromatic heterocycles. The van der Waals surface area contributed by atoms with Crippen LogP contribution in [0.15, 0.2) is 74.2 Å². The fourth-order valence-electron chi connectivity index (χ4n) is 3.55. The molecular formula is C28H20Br2ClNO7. The fourth-order valence-corrected chi connectivity index (χ4v) is 5.02. The molecule has 0 amide bonds. The molecule has 39 heavy (non-hydrogen) atoms. The Labute approximate surface area is 246 Å². The highest BCUT2D eigenvalue weighted by Gasteiger charge is 2.27. The van der Waals surface area contributed by atoms with Crippen LogP contribution >= 0.6 is 43.5 Å². The number of nitrogens with zero attached hydrogens (tertiary/aromatic N) is 1. The molecule has 0 aliphatic carbocycles. The van der Waals surface area contributed by atoms with Gasteiger partial charge < -0.3 is 23.7 Å². The minimum absolute atomic E-state index is 0.00208. The molecule has 0 spiro atoms. The molecule has 3 aromatic rings. The van der Waals surface area contributed by atoms with E-state index >= 15 is 0 Å². The number of benzene rings is 3. The van der Waals surface area contributed by atoms with Gasteiger partial charge in [0.15, 0.2) is 22.9 Å². The van der Waals surface area contributed by atoms with Crippen molar-refractivity contribution >= 4 is 73.4 Å². The summed E-state index contributed by atoms with van der Waals surface area (Å²) < 4.78 is 28.3. The second kappa shape index (κ2) is 12.5. The van der Waals surface area contributed by atoms with Gasteiger partial charge in [0.25, 0.3) is 0 Å². The van der Waals surface area contributed by atoms with Crippen LogP contribution in [0.25, 0.3) is 12.2 Å². The van der Waals surface area contributed by atoms with E-state index in [1.54, 1.807) is 54.6 Å². The summed E-state index contributed by atoms with van der Waals surface area (Å²) in [4.78, 5) is 29.7. The Balaban J connectivity index is 1.66. The number of hydrogen-bond acceptors (Lipinski definition) is 8. The average molecular weight is 678 g/mol. The first kappa shape index (κ1) is 28.4. The highest BCUT2D eigenvalue weighted by atomic mass is 79.9. The normalized spacial score (nSPS) is 13.8. The maximum absolute atomic E-state index is 12.7. The van der Waals surface area contributed by atoms with Crippen LogP contribution in [0.4, 0.5) is 0 Å². The third kappa shape index (κ3) is 6.70. The van der Waals surface area contributed by atoms with Gasteiger partial charge in [0.1, 0.15) is 0 Å². The molecule has 8 nitrogen and oxygen atoms in total. The van der Waals surface area contributed by atoms with Gasteiger partial charge >= 0.3 is 11.9 Å². The molecule has 1 aliphatic rings. The molecular weight excluding hydrogens is 658 g/mol. The lowest BCUT2D eigenvalue weighted by atomic mass is 10.1. The van der Waals surface area contributed by atoms with E-state index in [1.807, 2.05) is 0 Å². The Kier molecular flexibility index (Phi) is 9.11. The highest BCUT2D eigenvalue weighted by molar-refractivity contribution is 9.11. The fraction of sp³-hybridized carbons (Fsp3) is 0.107. The SMILES string of the molecule is COc1cc(C2=N/C(=C\c3cc(Br)cc(Br)c3OC(=O)/C=C/c3ccc(Cl)cc3)C(=O)O2)cc(OC)c1OC. The Hall–Kier alpha value is -3.60. The average Bonchev–Trinajstić information content (AvgIpc) is 3.29. The van der Waals surface area contributed by atoms with Gasteiger partial charge in [0.2, 0.25) is 11.6 Å². The zero-order valence-corrected chi connectivity index (χ0v) is 24.7. The summed E-state index contributed by atoms with van der Waals surface area (Å²) >= 11 is 12.7. The van der Waals surface area contributed by atoms with E-state index in [2.05, 4.69) is 36.9 Å². The maximum Gasteiger partial charge on any atom is 0.363 e. The third-order valence-corrected chi connectivity index (χ3v) is 6.64. The number of ether oxygens (including phenoxy) is 5. The number of methoxy groups -OCH3 is 3. The minimum atomic E-state index is -0.685. The van der Waals surface area contributed by atoms with Gasteiger partial charge in [-0.15, -0.1) is 0 Å². The molecule has 4 rings (SSSR count). The van der Waals surface area contributed by atoms with Crippen molar-refractivity contribution in [3.05, 3.63) is 91.0 Å². The number of esters is 2. The number of aliphatic imine (C=N–C) groups is 1. The number of halogens is 3. The van der Waals surface area contributed by atoms with Crippen molar-refractivity contribution in [2.45, 2.75) is 0 Å². The Morgan fingerprint density at radius 1 is 0.949 bits per heavy atom. The van der Waals surface area contributed by atoms with E-state index in [9.17, 15) is 9.59 Å². The molecule has 0 unspecified atom stereocenters. The molecule has 0 N–H and O–H groups in total. The van der Waals surface area contributed by atoms with Crippen LogP contribution < -0.4 is 18.9 Å². The van der Waals surface area contributed by atoms with E-state index in [-0.39, 0.29) is 17.3 Å². The predicted octanol–water partition coefficient (Wildman–Crippen LogP) is 6.85. The van der Waals surface area contributed by atoms with Crippen LogP contribution in [0, 0.1) is 0 Å². The summed E-state index contributed by atoms with van der Waals surface area (Å²) in [7, 11) is 4.45. The first-order chi connectivity index (χ1) is 18.7. The molecule has 0 bridgehead atoms. The first-order valence-electron chi connectivity index (χ1n) is 11.2. The third-order valence-electron chi connectivity index (χ3n) is 5.35. The van der Waals surface area contributed by atoms with Crippen LogP contribution in [0.3, 0.4) is 0 Å². The van der Waals surface area contributed by atoms with Crippen molar-refractivity contribution in [3.8, 4) is 23.0 Å². The van der Waals surface area contributed by atoms with Crippen molar-refractivity contribution in [3.63, 3.8) is 0 Å². The number of rotatable bonds is 8. The Morgan fingerprint density at radius 3 is 2.23 bits per heavy atom. The van der Waals surface area contributed by atoms with Crippen molar-refractivity contribution in [2.24, 2.45) is 4.99 Å². The van der Waals surface area contributed by atoms with Crippen LogP contribution in [0.2, 0.25) is 5.02 Å². The van der Waals surface area contributed by atoms with Gasteiger partial charge in [-0.2, -0.15) is 0 Å². The molecule has 200 valence electrons. The summed E-state index contributed by atoms with van der Waals surface area (Å²) in [5, 5.41) is 0.590. The molecule has 1 aliphatic heterocycles. The molecule has 1 heterocycles. The largest absolute Gasteiger partial charge is 0.493 e. The lowest BCUT2D eigenvalue weighted by molar-refractivity contribution is -0.130. The van der Waals surface area contributed by atoms with Gasteiger partial charge in [-0.05, 0) is 70.0 Å². The molecule has 3 aromatic carbocycles. The van der Waals surface area contributed by atoms with Crippen LogP contribution in [-0.2, 0) is 14.3 Å². The van der Waals surface area contributed by atoms with Crippen molar-refractivity contribution < 1.29 is 33.3 Å². The monoisotopic (exact) mass is 675 g/mol. The van der Waals surface area contributed by atoms with E-state index in [0.717, 1.165) is 5.56 Å². The summed E-state index contributed by atoms with van der Waals surface area (Å²) in [5.41, 5.74) is 1.62. The van der Waals surface area contributed by atoms with Gasteiger partial charge in [0, 0.05) is 26.7 Å². The first-order valence-corrected chi connectivity index (χ1v) is 13.2. The predicted molar refractivity (Wildman–Crippen MR) is 155 cm³/mol. The van der Waals surface area contributed by atoms with Gasteiger partial charge in [0.05, 0.1) is 25.8 Å². The Bertz CT molecular complexity index is 1510. The van der Waals surface area contributed by atoms with E-state index < -0.39 is 11.9 Å². The summed E-state index contributed by atoms with van der Waals surface area (Å²) in [5.74, 6) is 0.0716. The molecule has 0 saturated carbocycles. The molecule has 0 radical (unpaired) electrons. The standard InChI is InChI=1S/C28H20Br2ClNO7/c1-35-22-12-17(13-23(36-2)26(22)37-3)27-32-21(28(34)39-27)11-16-10-18(29)14-20(30)25(16)38-24(33)9-6-15-4-7-19(31)8-5-15/h4-14H,1-3H3/b9-6+,21-11-. The van der Waals surface area contributed by atoms with Crippen LogP contribution in [0.1, 0.15) is 16.7 Å². The highest BCUT2D eigenvalue weighted by Crippen LogP contribution is 2.39. The Morgan fingerprint density at radius 2 is 1.62 bits per heavy atom. The van der Waals surface area contributed by atoms with E-state index in [4.69, 9.17) is 35.3 Å². The summed E-state index contributed by atoms with van der Waals surface area (Å²) in [6, 6.07) is 13.6. The number of hydrogen-bond donors (Lipinski definition) is 0. The second-order valence-electron chi connectivity index (χ2n) is 7.86. The second-order valence-corrected chi connectivity index (χ2v) is 10.1. The molecule has 0 fully saturated rings. The van der Waals surface area contributed by atoms with Crippen molar-refractivity contribution in [1.29, 1.82) is 0 Å². The quantitative estimate of drug-likeness (QED) is 0.146. The summed E-state index contributed by atoms with van der Waals surface area (Å²) in [6.07, 6.45) is 4.36. The van der Waals surface area contributed by atoms with Gasteiger partial charge in [-0.1, -0.05) is 39.7 Å². The van der Waals surface area contributed by atoms with Crippen LogP contribution in [-0.4, -0.2) is 39.2 Å². The smallest absolute Gasteiger partial charge is 0.363 e. The minimum Gasteiger partial charge on any atom is -0.493 e. The number of cyclic esters (lactones) is 1. The number of carbonyl (C=O) groups is 2. The lowest BCUT2D eigenvalue weighted by Gasteiger charge is -2.13. The zero-order chi connectivity index (χ0) is 28.1. The van der Waals surface area contributed by atoms with Crippen molar-refractivity contribution in [1.82, 2.24) is 0 Å². The van der Waals surface area contributed by atoms with Crippen LogP contribution in [0.5, 0.6) is 23.0 Å². The van der Waals surface area contributed by atoms with Gasteiger partial charge in [-0.25, -0.2) is 14.6 Å². The topological polar surface area (TPSA) is 92.7 Å². The summed E-state index contributed by atoms with van der Waals surface area (Å²) in [6.45, 7) is 0. The van der Waals surface area contributed by atoms with Gasteiger partial charge in [-0.3, -0.25) is 0 Å². The zero-order valence-electron chi connectivity index (χ0n) is 20.8. The molecule has 0 saturated heterocycles. The van der Waals surface area contributed by atoms with E-state index in [0.29, 0.717) is 42.3 Å². The molecule has 11 heteroatoms.